The van der Waals surface area contributed by atoms with Crippen molar-refractivity contribution in [2.45, 2.75) is 38.2 Å². The lowest BCUT2D eigenvalue weighted by molar-refractivity contribution is -0.0939. The van der Waals surface area contributed by atoms with Crippen molar-refractivity contribution in [3.8, 4) is 0 Å². The Morgan fingerprint density at radius 1 is 1.32 bits per heavy atom. The first-order valence-electron chi connectivity index (χ1n) is 9.52. The minimum atomic E-state index is 0.0402. The summed E-state index contributed by atoms with van der Waals surface area (Å²) in [4.78, 5) is 16.6. The third-order valence-corrected chi connectivity index (χ3v) is 6.14. The lowest BCUT2D eigenvalue weighted by Gasteiger charge is -2.46. The second-order valence-corrected chi connectivity index (χ2v) is 7.86. The number of nitrogens with zero attached hydrogens (tertiary/aromatic N) is 4. The average Bonchev–Trinajstić information content (AvgIpc) is 3.05. The van der Waals surface area contributed by atoms with Crippen LogP contribution in [0, 0.1) is 5.41 Å². The summed E-state index contributed by atoms with van der Waals surface area (Å²) < 4.78 is 7.81. The highest BCUT2D eigenvalue weighted by atomic mass is 16.5. The number of aromatic nitrogens is 2. The highest BCUT2D eigenvalue weighted by Gasteiger charge is 2.40. The van der Waals surface area contributed by atoms with Gasteiger partial charge in [0, 0.05) is 46.0 Å². The van der Waals surface area contributed by atoms with E-state index >= 15 is 0 Å². The first kappa shape index (κ1) is 16.7. The Bertz CT molecular complexity index is 594. The van der Waals surface area contributed by atoms with Crippen LogP contribution in [0.25, 0.3) is 0 Å². The van der Waals surface area contributed by atoms with Crippen LogP contribution in [0.3, 0.4) is 0 Å². The second-order valence-electron chi connectivity index (χ2n) is 7.86. The van der Waals surface area contributed by atoms with E-state index in [1.807, 2.05) is 29.0 Å². The quantitative estimate of drug-likeness (QED) is 0.902. The SMILES string of the molecule is Cn1cc(N2CCN(C(=O)NCC3CCC4(CCC4)CO3)CC2)cn1. The number of hydrogen-bond donors (Lipinski definition) is 1. The van der Waals surface area contributed by atoms with Gasteiger partial charge in [-0.15, -0.1) is 0 Å². The largest absolute Gasteiger partial charge is 0.376 e. The molecule has 2 aliphatic heterocycles. The standard InChI is InChI=1S/C18H29N5O2/c1-21-13-15(11-20-21)22-7-9-23(10-8-22)17(24)19-12-16-3-6-18(14-25-16)4-2-5-18/h11,13,16H,2-10,12,14H2,1H3,(H,19,24). The van der Waals surface area contributed by atoms with Gasteiger partial charge < -0.3 is 19.9 Å². The van der Waals surface area contributed by atoms with E-state index in [1.54, 1.807) is 0 Å². The molecule has 1 spiro atoms. The van der Waals surface area contributed by atoms with E-state index in [9.17, 15) is 4.79 Å². The van der Waals surface area contributed by atoms with E-state index in [0.717, 1.165) is 44.9 Å². The number of nitrogens with one attached hydrogen (secondary N) is 1. The number of aryl methyl sites for hydroxylation is 1. The molecule has 3 fully saturated rings. The Labute approximate surface area is 149 Å². The van der Waals surface area contributed by atoms with Gasteiger partial charge in [0.2, 0.25) is 0 Å². The Hall–Kier alpha value is -1.76. The number of amides is 2. The van der Waals surface area contributed by atoms with Gasteiger partial charge in [-0.2, -0.15) is 5.10 Å². The minimum Gasteiger partial charge on any atom is -0.376 e. The zero-order chi connectivity index (χ0) is 17.3. The molecule has 25 heavy (non-hydrogen) atoms. The molecule has 1 unspecified atom stereocenters. The van der Waals surface area contributed by atoms with Crippen LogP contribution in [0.4, 0.5) is 10.5 Å². The van der Waals surface area contributed by atoms with Crippen LogP contribution in [0.15, 0.2) is 12.4 Å². The smallest absolute Gasteiger partial charge is 0.317 e. The van der Waals surface area contributed by atoms with Crippen molar-refractivity contribution in [3.05, 3.63) is 12.4 Å². The number of anilines is 1. The van der Waals surface area contributed by atoms with Crippen LogP contribution >= 0.6 is 0 Å². The highest BCUT2D eigenvalue weighted by Crippen LogP contribution is 2.47. The summed E-state index contributed by atoms with van der Waals surface area (Å²) in [5, 5.41) is 7.29. The fourth-order valence-corrected chi connectivity index (χ4v) is 4.20. The predicted octanol–water partition coefficient (Wildman–Crippen LogP) is 1.60. The van der Waals surface area contributed by atoms with Gasteiger partial charge in [-0.1, -0.05) is 6.42 Å². The van der Waals surface area contributed by atoms with Crippen molar-refractivity contribution >= 4 is 11.7 Å². The molecular weight excluding hydrogens is 318 g/mol. The van der Waals surface area contributed by atoms with Crippen LogP contribution in [0.5, 0.6) is 0 Å². The summed E-state index contributed by atoms with van der Waals surface area (Å²) in [6.07, 6.45) is 10.4. The van der Waals surface area contributed by atoms with Crippen LogP contribution in [0.2, 0.25) is 0 Å². The Morgan fingerprint density at radius 3 is 2.68 bits per heavy atom. The molecule has 7 heteroatoms. The normalized spacial score (nSPS) is 25.7. The summed E-state index contributed by atoms with van der Waals surface area (Å²) in [6, 6.07) is 0.0402. The predicted molar refractivity (Wildman–Crippen MR) is 95.7 cm³/mol. The second kappa shape index (κ2) is 6.86. The maximum atomic E-state index is 12.4. The van der Waals surface area contributed by atoms with Gasteiger partial charge in [0.1, 0.15) is 0 Å². The van der Waals surface area contributed by atoms with Gasteiger partial charge in [0.05, 0.1) is 24.6 Å². The van der Waals surface area contributed by atoms with E-state index in [4.69, 9.17) is 4.74 Å². The molecular formula is C18H29N5O2. The van der Waals surface area contributed by atoms with Gasteiger partial charge in [0.25, 0.3) is 0 Å². The maximum Gasteiger partial charge on any atom is 0.317 e. The summed E-state index contributed by atoms with van der Waals surface area (Å²) in [6.45, 7) is 4.71. The molecule has 4 rings (SSSR count). The number of piperazine rings is 1. The van der Waals surface area contributed by atoms with Gasteiger partial charge in [-0.05, 0) is 31.1 Å². The lowest BCUT2D eigenvalue weighted by Crippen LogP contribution is -2.53. The molecule has 1 aromatic heterocycles. The maximum absolute atomic E-state index is 12.4. The van der Waals surface area contributed by atoms with Crippen molar-refractivity contribution in [1.29, 1.82) is 0 Å². The van der Waals surface area contributed by atoms with Crippen molar-refractivity contribution in [3.63, 3.8) is 0 Å². The summed E-state index contributed by atoms with van der Waals surface area (Å²) >= 11 is 0. The Kier molecular flexibility index (Phi) is 4.58. The number of hydrogen-bond acceptors (Lipinski definition) is 4. The van der Waals surface area contributed by atoms with Gasteiger partial charge in [-0.25, -0.2) is 4.79 Å². The van der Waals surface area contributed by atoms with Crippen molar-refractivity contribution in [2.75, 3.05) is 44.2 Å². The zero-order valence-electron chi connectivity index (χ0n) is 15.1. The van der Waals surface area contributed by atoms with Gasteiger partial charge in [-0.3, -0.25) is 4.68 Å². The zero-order valence-corrected chi connectivity index (χ0v) is 15.1. The monoisotopic (exact) mass is 347 g/mol. The van der Waals surface area contributed by atoms with E-state index in [-0.39, 0.29) is 12.1 Å². The Morgan fingerprint density at radius 2 is 2.12 bits per heavy atom. The molecule has 7 nitrogen and oxygen atoms in total. The van der Waals surface area contributed by atoms with E-state index < -0.39 is 0 Å². The van der Waals surface area contributed by atoms with Gasteiger partial charge in [0.15, 0.2) is 0 Å². The van der Waals surface area contributed by atoms with Gasteiger partial charge >= 0.3 is 6.03 Å². The average molecular weight is 347 g/mol. The minimum absolute atomic E-state index is 0.0402. The molecule has 1 N–H and O–H groups in total. The molecule has 1 atom stereocenters. The lowest BCUT2D eigenvalue weighted by atomic mass is 9.65. The molecule has 0 radical (unpaired) electrons. The van der Waals surface area contributed by atoms with E-state index in [2.05, 4.69) is 15.3 Å². The molecule has 1 aliphatic carbocycles. The molecule has 3 aliphatic rings. The van der Waals surface area contributed by atoms with Crippen LogP contribution < -0.4 is 10.2 Å². The molecule has 1 saturated carbocycles. The summed E-state index contributed by atoms with van der Waals surface area (Å²) in [7, 11) is 1.92. The molecule has 2 amide bonds. The third kappa shape index (κ3) is 3.61. The molecule has 138 valence electrons. The topological polar surface area (TPSA) is 62.6 Å². The molecule has 3 heterocycles. The highest BCUT2D eigenvalue weighted by molar-refractivity contribution is 5.74. The van der Waals surface area contributed by atoms with Crippen molar-refractivity contribution in [2.24, 2.45) is 12.5 Å². The number of ether oxygens (including phenoxy) is 1. The summed E-state index contributed by atoms with van der Waals surface area (Å²) in [5.41, 5.74) is 1.62. The Balaban J connectivity index is 1.18. The third-order valence-electron chi connectivity index (χ3n) is 6.14. The van der Waals surface area contributed by atoms with Crippen molar-refractivity contribution < 1.29 is 9.53 Å². The van der Waals surface area contributed by atoms with E-state index in [1.165, 1.54) is 25.7 Å². The first-order valence-corrected chi connectivity index (χ1v) is 9.52. The number of carbonyl (C=O) groups is 1. The molecule has 1 aromatic rings. The van der Waals surface area contributed by atoms with E-state index in [0.29, 0.717) is 12.0 Å². The number of rotatable bonds is 3. The summed E-state index contributed by atoms with van der Waals surface area (Å²) in [5.74, 6) is 0. The molecule has 0 bridgehead atoms. The van der Waals surface area contributed by atoms with Crippen molar-refractivity contribution in [1.82, 2.24) is 20.0 Å². The van der Waals surface area contributed by atoms with Crippen LogP contribution in [-0.4, -0.2) is 66.1 Å². The first-order chi connectivity index (χ1) is 12.1. The fourth-order valence-electron chi connectivity index (χ4n) is 4.20. The molecule has 2 saturated heterocycles. The number of urea groups is 1. The van der Waals surface area contributed by atoms with Crippen LogP contribution in [-0.2, 0) is 11.8 Å². The van der Waals surface area contributed by atoms with Crippen LogP contribution in [0.1, 0.15) is 32.1 Å². The number of carbonyl (C=O) groups excluding carboxylic acids is 1. The fraction of sp³-hybridized carbons (Fsp3) is 0.778. The molecule has 0 aromatic carbocycles.